The van der Waals surface area contributed by atoms with Gasteiger partial charge in [0.1, 0.15) is 13.2 Å². The number of aliphatic hydroxyl groups is 1. The number of unbranched alkanes of at least 4 members (excludes halogenated alkanes) is 31. The fourth-order valence-electron chi connectivity index (χ4n) is 7.91. The smallest absolute Gasteiger partial charge is 0.387 e. The molecule has 0 radical (unpaired) electrons. The zero-order valence-corrected chi connectivity index (χ0v) is 44.4. The van der Waals surface area contributed by atoms with Gasteiger partial charge in [-0.3, -0.25) is 13.8 Å². The molecule has 0 spiro atoms. The Labute approximate surface area is 403 Å². The van der Waals surface area contributed by atoms with Crippen LogP contribution in [0.2, 0.25) is 0 Å². The van der Waals surface area contributed by atoms with Crippen LogP contribution in [-0.4, -0.2) is 73.4 Å². The van der Waals surface area contributed by atoms with Crippen LogP contribution in [0.4, 0.5) is 0 Å². The van der Waals surface area contributed by atoms with Crippen LogP contribution in [0.25, 0.3) is 0 Å². The lowest BCUT2D eigenvalue weighted by molar-refractivity contribution is -0.870. The van der Waals surface area contributed by atoms with Crippen molar-refractivity contribution in [2.24, 2.45) is 0 Å². The van der Waals surface area contributed by atoms with Crippen molar-refractivity contribution in [1.29, 1.82) is 0 Å². The molecule has 0 saturated carbocycles. The van der Waals surface area contributed by atoms with Gasteiger partial charge in [-0.1, -0.05) is 229 Å². The Kier molecular flexibility index (Phi) is 46.4. The van der Waals surface area contributed by atoms with Gasteiger partial charge in [0.15, 0.2) is 0 Å². The minimum atomic E-state index is -4.35. The van der Waals surface area contributed by atoms with Crippen LogP contribution in [0.3, 0.4) is 0 Å². The summed E-state index contributed by atoms with van der Waals surface area (Å²) in [6.45, 7) is 4.79. The maximum Gasteiger partial charge on any atom is 0.472 e. The van der Waals surface area contributed by atoms with E-state index in [-0.39, 0.29) is 19.1 Å². The monoisotopic (exact) mass is 936 g/mol. The third-order valence-corrected chi connectivity index (χ3v) is 13.3. The highest BCUT2D eigenvalue weighted by Crippen LogP contribution is 2.43. The van der Waals surface area contributed by atoms with E-state index in [2.05, 4.69) is 55.6 Å². The highest BCUT2D eigenvalue weighted by atomic mass is 31.2. The van der Waals surface area contributed by atoms with Crippen molar-refractivity contribution >= 4 is 13.7 Å². The summed E-state index contributed by atoms with van der Waals surface area (Å²) in [4.78, 5) is 23.2. The lowest BCUT2D eigenvalue weighted by Crippen LogP contribution is -2.45. The topological polar surface area (TPSA) is 105 Å². The van der Waals surface area contributed by atoms with Gasteiger partial charge in [-0.15, -0.1) is 0 Å². The number of aliphatic hydroxyl groups excluding tert-OH is 1. The number of likely N-dealkylation sites (N-methyl/N-ethyl adjacent to an activating group) is 1. The average molecular weight is 936 g/mol. The largest absolute Gasteiger partial charge is 0.472 e. The quantitative estimate of drug-likeness (QED) is 0.0243. The Morgan fingerprint density at radius 3 is 1.32 bits per heavy atom. The van der Waals surface area contributed by atoms with Crippen LogP contribution in [0.15, 0.2) is 48.6 Å². The van der Waals surface area contributed by atoms with E-state index in [4.69, 9.17) is 9.05 Å². The third kappa shape index (κ3) is 50.2. The maximum absolute atomic E-state index is 12.9. The third-order valence-electron chi connectivity index (χ3n) is 12.3. The number of quaternary nitrogens is 1. The molecule has 0 aromatic heterocycles. The SMILES string of the molecule is CCCCCCCC/C=C/CC/C=C/C(O)C(COP(=O)(O)OCC[N+](C)(C)C)NC(=O)CCCCCCCCCCCCCCCCC/C=C\C/C=C\CCCCCCCCCCC. The molecule has 65 heavy (non-hydrogen) atoms. The standard InChI is InChI=1S/C56H107N2O6P/c1-6-8-10-12-14-16-18-20-21-22-23-24-25-26-27-28-29-30-31-32-33-34-35-36-37-38-40-42-44-46-48-50-56(60)57-54(53-64-65(61,62)63-52-51-58(3,4)5)55(59)49-47-45-43-41-39-19-17-15-13-11-9-7-2/h23-24,26-27,39,41,47,49,54-55,59H,6-22,25,28-38,40,42-46,48,50-53H2,1-5H3,(H-,57,60,61,62)/p+1/b24-23-,27-26-,41-39+,49-47+. The summed E-state index contributed by atoms with van der Waals surface area (Å²) in [6, 6.07) is -0.862. The molecule has 0 bridgehead atoms. The maximum atomic E-state index is 12.9. The van der Waals surface area contributed by atoms with E-state index < -0.39 is 20.0 Å². The van der Waals surface area contributed by atoms with Crippen LogP contribution in [0, 0.1) is 0 Å². The fraction of sp³-hybridized carbons (Fsp3) is 0.839. The Bertz CT molecular complexity index is 1200. The van der Waals surface area contributed by atoms with Gasteiger partial charge in [-0.2, -0.15) is 0 Å². The molecule has 3 N–H and O–H groups in total. The zero-order chi connectivity index (χ0) is 47.8. The molecule has 3 atom stereocenters. The van der Waals surface area contributed by atoms with Crippen LogP contribution >= 0.6 is 7.82 Å². The first-order valence-corrected chi connectivity index (χ1v) is 29.0. The molecule has 8 nitrogen and oxygen atoms in total. The number of rotatable bonds is 50. The summed E-state index contributed by atoms with van der Waals surface area (Å²) in [5.74, 6) is -0.187. The first-order chi connectivity index (χ1) is 31.5. The highest BCUT2D eigenvalue weighted by molar-refractivity contribution is 7.47. The molecule has 0 fully saturated rings. The van der Waals surface area contributed by atoms with Gasteiger partial charge in [-0.25, -0.2) is 4.57 Å². The van der Waals surface area contributed by atoms with Crippen molar-refractivity contribution in [3.63, 3.8) is 0 Å². The molecule has 0 aliphatic rings. The molecule has 0 saturated heterocycles. The summed E-state index contributed by atoms with van der Waals surface area (Å²) in [5, 5.41) is 13.8. The number of carbonyl (C=O) groups excluding carboxylic acids is 1. The Hall–Kier alpha value is -1.54. The molecule has 9 heteroatoms. The zero-order valence-electron chi connectivity index (χ0n) is 43.5. The summed E-state index contributed by atoms with van der Waals surface area (Å²) in [5.41, 5.74) is 0. The molecule has 0 aromatic carbocycles. The van der Waals surface area contributed by atoms with E-state index in [0.717, 1.165) is 44.9 Å². The number of nitrogens with zero attached hydrogens (tertiary/aromatic N) is 1. The van der Waals surface area contributed by atoms with Crippen LogP contribution in [0.5, 0.6) is 0 Å². The summed E-state index contributed by atoms with van der Waals surface area (Å²) in [6.07, 6.45) is 62.2. The number of hydrogen-bond acceptors (Lipinski definition) is 5. The van der Waals surface area contributed by atoms with E-state index in [1.165, 1.54) is 186 Å². The number of phosphoric acid groups is 1. The Morgan fingerprint density at radius 1 is 0.523 bits per heavy atom. The molecule has 0 heterocycles. The van der Waals surface area contributed by atoms with Gasteiger partial charge < -0.3 is 19.8 Å². The molecule has 382 valence electrons. The Morgan fingerprint density at radius 2 is 0.892 bits per heavy atom. The average Bonchev–Trinajstić information content (AvgIpc) is 3.26. The Balaban J connectivity index is 4.07. The molecule has 0 aliphatic carbocycles. The van der Waals surface area contributed by atoms with Crippen LogP contribution in [0.1, 0.15) is 251 Å². The highest BCUT2D eigenvalue weighted by Gasteiger charge is 2.27. The van der Waals surface area contributed by atoms with Gasteiger partial charge in [0, 0.05) is 6.42 Å². The van der Waals surface area contributed by atoms with Crippen molar-refractivity contribution in [2.45, 2.75) is 264 Å². The lowest BCUT2D eigenvalue weighted by atomic mass is 10.0. The molecular formula is C56H108N2O6P+. The first kappa shape index (κ1) is 63.5. The second-order valence-corrected chi connectivity index (χ2v) is 21.4. The van der Waals surface area contributed by atoms with Crippen LogP contribution in [-0.2, 0) is 18.4 Å². The van der Waals surface area contributed by atoms with Crippen molar-refractivity contribution < 1.29 is 32.9 Å². The van der Waals surface area contributed by atoms with Crippen molar-refractivity contribution in [2.75, 3.05) is 40.9 Å². The second kappa shape index (κ2) is 47.5. The molecule has 1 amide bonds. The number of carbonyl (C=O) groups is 1. The lowest BCUT2D eigenvalue weighted by Gasteiger charge is -2.25. The van der Waals surface area contributed by atoms with E-state index in [1.54, 1.807) is 6.08 Å². The summed E-state index contributed by atoms with van der Waals surface area (Å²) < 4.78 is 23.6. The van der Waals surface area contributed by atoms with Crippen LogP contribution < -0.4 is 5.32 Å². The van der Waals surface area contributed by atoms with Crippen molar-refractivity contribution in [1.82, 2.24) is 5.32 Å². The molecular weight excluding hydrogens is 828 g/mol. The van der Waals surface area contributed by atoms with E-state index in [1.807, 2.05) is 27.2 Å². The molecule has 0 rings (SSSR count). The molecule has 0 aliphatic heterocycles. The number of allylic oxidation sites excluding steroid dienone is 7. The molecule has 3 unspecified atom stereocenters. The molecule has 0 aromatic rings. The summed E-state index contributed by atoms with van der Waals surface area (Å²) in [7, 11) is 1.56. The van der Waals surface area contributed by atoms with Gasteiger partial charge in [0.25, 0.3) is 0 Å². The normalized spacial score (nSPS) is 14.4. The second-order valence-electron chi connectivity index (χ2n) is 19.9. The minimum Gasteiger partial charge on any atom is -0.387 e. The van der Waals surface area contributed by atoms with Crippen molar-refractivity contribution in [3.8, 4) is 0 Å². The van der Waals surface area contributed by atoms with E-state index in [0.29, 0.717) is 17.4 Å². The number of hydrogen-bond donors (Lipinski definition) is 3. The first-order valence-electron chi connectivity index (χ1n) is 27.5. The number of phosphoric ester groups is 1. The minimum absolute atomic E-state index is 0.0558. The number of nitrogens with one attached hydrogen (secondary N) is 1. The van der Waals surface area contributed by atoms with Crippen molar-refractivity contribution in [3.05, 3.63) is 48.6 Å². The van der Waals surface area contributed by atoms with Gasteiger partial charge in [-0.05, 0) is 64.2 Å². The van der Waals surface area contributed by atoms with E-state index >= 15 is 0 Å². The summed E-state index contributed by atoms with van der Waals surface area (Å²) >= 11 is 0. The number of amides is 1. The fourth-order valence-corrected chi connectivity index (χ4v) is 8.65. The predicted molar refractivity (Wildman–Crippen MR) is 281 cm³/mol. The van der Waals surface area contributed by atoms with Gasteiger partial charge in [0.05, 0.1) is 39.9 Å². The van der Waals surface area contributed by atoms with Gasteiger partial charge >= 0.3 is 7.82 Å². The predicted octanol–water partition coefficient (Wildman–Crippen LogP) is 16.4. The van der Waals surface area contributed by atoms with Gasteiger partial charge in [0.2, 0.25) is 5.91 Å². The van der Waals surface area contributed by atoms with E-state index in [9.17, 15) is 19.4 Å².